The lowest BCUT2D eigenvalue weighted by molar-refractivity contribution is 0.583. The van der Waals surface area contributed by atoms with E-state index in [1.54, 1.807) is 6.33 Å². The van der Waals surface area contributed by atoms with E-state index in [-0.39, 0.29) is 6.04 Å². The molecule has 0 amide bonds. The van der Waals surface area contributed by atoms with Crippen molar-refractivity contribution in [3.63, 3.8) is 0 Å². The molecule has 2 atom stereocenters. The van der Waals surface area contributed by atoms with Crippen molar-refractivity contribution >= 4 is 0 Å². The van der Waals surface area contributed by atoms with E-state index in [2.05, 4.69) is 16.9 Å². The molecule has 0 aliphatic rings. The maximum atomic E-state index is 5.69. The average molecular weight is 165 g/mol. The fraction of sp³-hybridized carbons (Fsp3) is 0.556. The summed E-state index contributed by atoms with van der Waals surface area (Å²) in [5, 5.41) is 0. The first-order valence-corrected chi connectivity index (χ1v) is 4.20. The first kappa shape index (κ1) is 9.13. The minimum absolute atomic E-state index is 0.236. The van der Waals surface area contributed by atoms with Gasteiger partial charge < -0.3 is 5.73 Å². The van der Waals surface area contributed by atoms with Gasteiger partial charge in [-0.05, 0) is 24.8 Å². The SMILES string of the molecule is CC(N)CC(C)c1cncnc1. The molecule has 1 rings (SSSR count). The molecular weight excluding hydrogens is 150 g/mol. The number of aromatic nitrogens is 2. The molecule has 0 aromatic carbocycles. The van der Waals surface area contributed by atoms with Crippen LogP contribution in [-0.4, -0.2) is 16.0 Å². The fourth-order valence-corrected chi connectivity index (χ4v) is 1.26. The van der Waals surface area contributed by atoms with E-state index in [0.717, 1.165) is 12.0 Å². The molecule has 1 heterocycles. The zero-order chi connectivity index (χ0) is 8.97. The molecule has 0 spiro atoms. The minimum Gasteiger partial charge on any atom is -0.328 e. The van der Waals surface area contributed by atoms with Crippen molar-refractivity contribution in [3.8, 4) is 0 Å². The highest BCUT2D eigenvalue weighted by Gasteiger charge is 2.07. The Morgan fingerprint density at radius 3 is 2.42 bits per heavy atom. The fourth-order valence-electron chi connectivity index (χ4n) is 1.26. The summed E-state index contributed by atoms with van der Waals surface area (Å²) in [6, 6.07) is 0.236. The van der Waals surface area contributed by atoms with E-state index >= 15 is 0 Å². The number of nitrogens with two attached hydrogens (primary N) is 1. The van der Waals surface area contributed by atoms with Crippen molar-refractivity contribution < 1.29 is 0 Å². The Hall–Kier alpha value is -0.960. The van der Waals surface area contributed by atoms with E-state index in [9.17, 15) is 0 Å². The van der Waals surface area contributed by atoms with Crippen LogP contribution in [0.3, 0.4) is 0 Å². The molecule has 0 fully saturated rings. The van der Waals surface area contributed by atoms with Crippen LogP contribution in [0.5, 0.6) is 0 Å². The van der Waals surface area contributed by atoms with Gasteiger partial charge in [0.05, 0.1) is 0 Å². The standard InChI is InChI=1S/C9H15N3/c1-7(3-8(2)10)9-4-11-6-12-5-9/h4-8H,3,10H2,1-2H3. The molecule has 0 saturated carbocycles. The largest absolute Gasteiger partial charge is 0.328 e. The predicted molar refractivity (Wildman–Crippen MR) is 48.7 cm³/mol. The second-order valence-electron chi connectivity index (χ2n) is 3.29. The second kappa shape index (κ2) is 4.16. The van der Waals surface area contributed by atoms with Crippen molar-refractivity contribution in [2.75, 3.05) is 0 Å². The Morgan fingerprint density at radius 2 is 1.92 bits per heavy atom. The number of hydrogen-bond acceptors (Lipinski definition) is 3. The molecule has 3 heteroatoms. The molecule has 0 bridgehead atoms. The quantitative estimate of drug-likeness (QED) is 0.734. The number of rotatable bonds is 3. The van der Waals surface area contributed by atoms with E-state index in [1.165, 1.54) is 0 Å². The van der Waals surface area contributed by atoms with Crippen molar-refractivity contribution in [2.24, 2.45) is 5.73 Å². The van der Waals surface area contributed by atoms with E-state index in [1.807, 2.05) is 19.3 Å². The van der Waals surface area contributed by atoms with Gasteiger partial charge in [0.2, 0.25) is 0 Å². The molecular formula is C9H15N3. The van der Waals surface area contributed by atoms with E-state index in [0.29, 0.717) is 5.92 Å². The lowest BCUT2D eigenvalue weighted by atomic mass is 9.97. The summed E-state index contributed by atoms with van der Waals surface area (Å²) in [7, 11) is 0. The van der Waals surface area contributed by atoms with Crippen molar-refractivity contribution in [2.45, 2.75) is 32.2 Å². The summed E-state index contributed by atoms with van der Waals surface area (Å²) in [6.07, 6.45) is 6.22. The Kier molecular flexibility index (Phi) is 3.17. The zero-order valence-electron chi connectivity index (χ0n) is 7.57. The summed E-state index contributed by atoms with van der Waals surface area (Å²) in [5.74, 6) is 0.450. The molecule has 2 unspecified atom stereocenters. The molecule has 1 aromatic rings. The maximum Gasteiger partial charge on any atom is 0.115 e. The summed E-state index contributed by atoms with van der Waals surface area (Å²) in [4.78, 5) is 7.92. The average Bonchev–Trinajstić information content (AvgIpc) is 2.05. The first-order valence-electron chi connectivity index (χ1n) is 4.20. The summed E-state index contributed by atoms with van der Waals surface area (Å²) >= 11 is 0. The molecule has 2 N–H and O–H groups in total. The van der Waals surface area contributed by atoms with Crippen LogP contribution < -0.4 is 5.73 Å². The van der Waals surface area contributed by atoms with Gasteiger partial charge in [-0.2, -0.15) is 0 Å². The third-order valence-electron chi connectivity index (χ3n) is 1.87. The van der Waals surface area contributed by atoms with Crippen molar-refractivity contribution in [1.29, 1.82) is 0 Å². The van der Waals surface area contributed by atoms with Crippen LogP contribution in [-0.2, 0) is 0 Å². The topological polar surface area (TPSA) is 51.8 Å². The molecule has 0 saturated heterocycles. The van der Waals surface area contributed by atoms with Gasteiger partial charge in [-0.1, -0.05) is 6.92 Å². The van der Waals surface area contributed by atoms with Gasteiger partial charge in [0, 0.05) is 18.4 Å². The smallest absolute Gasteiger partial charge is 0.115 e. The normalized spacial score (nSPS) is 15.6. The van der Waals surface area contributed by atoms with E-state index < -0.39 is 0 Å². The van der Waals surface area contributed by atoms with Gasteiger partial charge in [-0.15, -0.1) is 0 Å². The van der Waals surface area contributed by atoms with Crippen LogP contribution in [0.15, 0.2) is 18.7 Å². The molecule has 66 valence electrons. The number of hydrogen-bond donors (Lipinski definition) is 1. The van der Waals surface area contributed by atoms with Crippen LogP contribution in [0.4, 0.5) is 0 Å². The molecule has 0 aliphatic carbocycles. The zero-order valence-corrected chi connectivity index (χ0v) is 7.57. The molecule has 0 radical (unpaired) electrons. The Morgan fingerprint density at radius 1 is 1.33 bits per heavy atom. The van der Waals surface area contributed by atoms with Crippen LogP contribution in [0.2, 0.25) is 0 Å². The highest BCUT2D eigenvalue weighted by molar-refractivity contribution is 5.08. The van der Waals surface area contributed by atoms with Crippen molar-refractivity contribution in [1.82, 2.24) is 9.97 Å². The highest BCUT2D eigenvalue weighted by atomic mass is 14.8. The summed E-state index contributed by atoms with van der Waals surface area (Å²) in [6.45, 7) is 4.16. The lowest BCUT2D eigenvalue weighted by Crippen LogP contribution is -2.17. The first-order chi connectivity index (χ1) is 5.70. The molecule has 3 nitrogen and oxygen atoms in total. The Bertz CT molecular complexity index is 220. The predicted octanol–water partition coefficient (Wildman–Crippen LogP) is 1.32. The van der Waals surface area contributed by atoms with Crippen LogP contribution in [0.1, 0.15) is 31.7 Å². The highest BCUT2D eigenvalue weighted by Crippen LogP contribution is 2.17. The van der Waals surface area contributed by atoms with Gasteiger partial charge in [0.15, 0.2) is 0 Å². The third kappa shape index (κ3) is 2.58. The van der Waals surface area contributed by atoms with E-state index in [4.69, 9.17) is 5.73 Å². The van der Waals surface area contributed by atoms with Gasteiger partial charge in [0.1, 0.15) is 6.33 Å². The number of nitrogens with zero attached hydrogens (tertiary/aromatic N) is 2. The van der Waals surface area contributed by atoms with Crippen molar-refractivity contribution in [3.05, 3.63) is 24.3 Å². The van der Waals surface area contributed by atoms with Gasteiger partial charge in [0.25, 0.3) is 0 Å². The third-order valence-corrected chi connectivity index (χ3v) is 1.87. The van der Waals surface area contributed by atoms with Crippen LogP contribution >= 0.6 is 0 Å². The summed E-state index contributed by atoms with van der Waals surface area (Å²) < 4.78 is 0. The van der Waals surface area contributed by atoms with Crippen LogP contribution in [0, 0.1) is 0 Å². The Balaban J connectivity index is 2.59. The molecule has 12 heavy (non-hydrogen) atoms. The molecule has 1 aromatic heterocycles. The monoisotopic (exact) mass is 165 g/mol. The van der Waals surface area contributed by atoms with Gasteiger partial charge >= 0.3 is 0 Å². The lowest BCUT2D eigenvalue weighted by Gasteiger charge is -2.12. The minimum atomic E-state index is 0.236. The van der Waals surface area contributed by atoms with Gasteiger partial charge in [-0.25, -0.2) is 9.97 Å². The molecule has 0 aliphatic heterocycles. The maximum absolute atomic E-state index is 5.69. The summed E-state index contributed by atoms with van der Waals surface area (Å²) in [5.41, 5.74) is 6.85. The van der Waals surface area contributed by atoms with Gasteiger partial charge in [-0.3, -0.25) is 0 Å². The van der Waals surface area contributed by atoms with Crippen LogP contribution in [0.25, 0.3) is 0 Å². The second-order valence-corrected chi connectivity index (χ2v) is 3.29. The Labute approximate surface area is 73.0 Å².